The Kier molecular flexibility index (Phi) is 14.6. The Labute approximate surface area is 256 Å². The van der Waals surface area contributed by atoms with Crippen LogP contribution in [-0.2, 0) is 19.6 Å². The third kappa shape index (κ3) is 13.1. The zero-order valence-corrected chi connectivity index (χ0v) is 26.3. The Bertz CT molecular complexity index is 1370. The number of nitrogens with zero attached hydrogens (tertiary/aromatic N) is 1. The van der Waals surface area contributed by atoms with Gasteiger partial charge in [0, 0.05) is 37.8 Å². The summed E-state index contributed by atoms with van der Waals surface area (Å²) in [6, 6.07) is 20.6. The van der Waals surface area contributed by atoms with E-state index in [1.165, 1.54) is 0 Å². The van der Waals surface area contributed by atoms with Crippen LogP contribution >= 0.6 is 12.6 Å². The van der Waals surface area contributed by atoms with Gasteiger partial charge >= 0.3 is 6.18 Å². The first-order valence-electron chi connectivity index (χ1n) is 13.4. The molecule has 0 radical (unpaired) electrons. The second-order valence-corrected chi connectivity index (χ2v) is 11.2. The molecule has 0 spiro atoms. The number of ether oxygens (including phenoxy) is 4. The first kappa shape index (κ1) is 36.2. The molecule has 0 aliphatic heterocycles. The molecule has 0 bridgehead atoms. The Morgan fingerprint density at radius 1 is 0.767 bits per heavy atom. The van der Waals surface area contributed by atoms with Crippen molar-refractivity contribution in [2.75, 3.05) is 64.4 Å². The fourth-order valence-electron chi connectivity index (χ4n) is 3.95. The van der Waals surface area contributed by atoms with Crippen LogP contribution in [0.15, 0.2) is 65.6 Å². The molecule has 0 amide bonds. The molecule has 0 saturated heterocycles. The predicted molar refractivity (Wildman–Crippen MR) is 165 cm³/mol. The van der Waals surface area contributed by atoms with E-state index in [4.69, 9.17) is 36.1 Å². The van der Waals surface area contributed by atoms with Gasteiger partial charge in [0.05, 0.1) is 18.9 Å². The molecule has 0 aliphatic carbocycles. The van der Waals surface area contributed by atoms with Gasteiger partial charge in [0.2, 0.25) is 0 Å². The molecule has 3 aromatic carbocycles. The fourth-order valence-corrected chi connectivity index (χ4v) is 4.75. The van der Waals surface area contributed by atoms with Crippen LogP contribution in [0.1, 0.15) is 13.8 Å². The highest BCUT2D eigenvalue weighted by atomic mass is 32.2. The molecule has 8 nitrogen and oxygen atoms in total. The van der Waals surface area contributed by atoms with E-state index in [1.807, 2.05) is 52.2 Å². The third-order valence-electron chi connectivity index (χ3n) is 5.66. The Morgan fingerprint density at radius 3 is 1.60 bits per heavy atom. The minimum atomic E-state index is -4.91. The smallest absolute Gasteiger partial charge is 0.405 e. The van der Waals surface area contributed by atoms with Crippen LogP contribution < -0.4 is 14.4 Å². The van der Waals surface area contributed by atoms with Crippen molar-refractivity contribution in [3.63, 3.8) is 0 Å². The number of rotatable bonds is 14. The van der Waals surface area contributed by atoms with Crippen molar-refractivity contribution < 1.29 is 45.1 Å². The molecule has 3 rings (SSSR count). The van der Waals surface area contributed by atoms with Gasteiger partial charge < -0.3 is 23.8 Å². The average molecular weight is 646 g/mol. The van der Waals surface area contributed by atoms with Crippen LogP contribution in [0.3, 0.4) is 0 Å². The molecule has 0 aliphatic rings. The molecule has 13 heteroatoms. The summed E-state index contributed by atoms with van der Waals surface area (Å²) in [7, 11) is -0.818. The number of thiol groups is 1. The van der Waals surface area contributed by atoms with Crippen LogP contribution in [0.2, 0.25) is 0 Å². The number of anilines is 1. The van der Waals surface area contributed by atoms with Gasteiger partial charge in [-0.1, -0.05) is 30.3 Å². The molecule has 0 aromatic heterocycles. The lowest BCUT2D eigenvalue weighted by Gasteiger charge is -2.23. The SMILES string of the molecule is CCOCCOc1ccc(-c2ccc(S)c(N(C)C)c2-c2ccc(OCCOCC)cc2)cc1.O=S(=O)(O)CC(F)(F)F. The summed E-state index contributed by atoms with van der Waals surface area (Å²) in [6.45, 7) is 7.59. The predicted octanol–water partition coefficient (Wildman–Crippen LogP) is 6.64. The van der Waals surface area contributed by atoms with Crippen molar-refractivity contribution in [1.29, 1.82) is 0 Å². The van der Waals surface area contributed by atoms with E-state index in [0.717, 1.165) is 44.3 Å². The van der Waals surface area contributed by atoms with Crippen LogP contribution in [0.25, 0.3) is 22.3 Å². The van der Waals surface area contributed by atoms with Crippen molar-refractivity contribution in [3.8, 4) is 33.8 Å². The van der Waals surface area contributed by atoms with Gasteiger partial charge in [-0.2, -0.15) is 21.6 Å². The standard InChI is InChI=1S/C28H35NO4S.C2H3F3O3S/c1-5-30-17-19-32-23-11-7-21(8-12-23)25-15-16-26(34)28(29(3)4)27(25)22-9-13-24(14-10-22)33-20-18-31-6-2;3-2(4,5)1-9(6,7)8/h7-16,34H,5-6,17-20H2,1-4H3;1H2,(H,6,7,8). The molecule has 3 aromatic rings. The van der Waals surface area contributed by atoms with E-state index in [-0.39, 0.29) is 0 Å². The monoisotopic (exact) mass is 645 g/mol. The normalized spacial score (nSPS) is 11.5. The maximum Gasteiger partial charge on any atom is 0.405 e. The minimum Gasteiger partial charge on any atom is -0.491 e. The lowest BCUT2D eigenvalue weighted by atomic mass is 9.92. The van der Waals surface area contributed by atoms with Gasteiger partial charge in [0.15, 0.2) is 5.75 Å². The van der Waals surface area contributed by atoms with Gasteiger partial charge in [0.25, 0.3) is 10.1 Å². The van der Waals surface area contributed by atoms with Crippen molar-refractivity contribution in [2.24, 2.45) is 0 Å². The average Bonchev–Trinajstić information content (AvgIpc) is 2.92. The summed E-state index contributed by atoms with van der Waals surface area (Å²) < 4.78 is 81.9. The minimum absolute atomic E-state index is 0.534. The van der Waals surface area contributed by atoms with Crippen molar-refractivity contribution in [1.82, 2.24) is 0 Å². The van der Waals surface area contributed by atoms with Crippen LogP contribution in [0.5, 0.6) is 11.5 Å². The van der Waals surface area contributed by atoms with Gasteiger partial charge in [-0.25, -0.2) is 0 Å². The maximum atomic E-state index is 11.0. The Morgan fingerprint density at radius 2 is 1.23 bits per heavy atom. The van der Waals surface area contributed by atoms with Crippen molar-refractivity contribution in [2.45, 2.75) is 24.9 Å². The Balaban J connectivity index is 0.000000621. The molecule has 0 atom stereocenters. The quantitative estimate of drug-likeness (QED) is 0.115. The summed E-state index contributed by atoms with van der Waals surface area (Å²) in [5, 5.41) is 0. The highest BCUT2D eigenvalue weighted by molar-refractivity contribution is 7.85. The number of alkyl halides is 3. The summed E-state index contributed by atoms with van der Waals surface area (Å²) >= 11 is 4.76. The lowest BCUT2D eigenvalue weighted by Crippen LogP contribution is -2.21. The van der Waals surface area contributed by atoms with E-state index in [9.17, 15) is 21.6 Å². The second-order valence-electron chi connectivity index (χ2n) is 9.23. The van der Waals surface area contributed by atoms with E-state index >= 15 is 0 Å². The zero-order valence-electron chi connectivity index (χ0n) is 24.6. The first-order valence-corrected chi connectivity index (χ1v) is 15.5. The van der Waals surface area contributed by atoms with E-state index in [2.05, 4.69) is 41.3 Å². The molecular weight excluding hydrogens is 607 g/mol. The van der Waals surface area contributed by atoms with E-state index in [0.29, 0.717) is 39.6 Å². The zero-order chi connectivity index (χ0) is 32.0. The van der Waals surface area contributed by atoms with E-state index in [1.54, 1.807) is 0 Å². The molecule has 238 valence electrons. The van der Waals surface area contributed by atoms with Gasteiger partial charge in [-0.15, -0.1) is 12.6 Å². The number of benzene rings is 3. The van der Waals surface area contributed by atoms with Crippen molar-refractivity contribution in [3.05, 3.63) is 60.7 Å². The number of hydrogen-bond acceptors (Lipinski definition) is 8. The highest BCUT2D eigenvalue weighted by Crippen LogP contribution is 2.43. The highest BCUT2D eigenvalue weighted by Gasteiger charge is 2.33. The van der Waals surface area contributed by atoms with Gasteiger partial charge in [-0.05, 0) is 60.9 Å². The second kappa shape index (κ2) is 17.4. The molecule has 43 heavy (non-hydrogen) atoms. The molecule has 0 unspecified atom stereocenters. The number of hydrogen-bond donors (Lipinski definition) is 2. The topological polar surface area (TPSA) is 94.5 Å². The molecule has 0 heterocycles. The van der Waals surface area contributed by atoms with Crippen molar-refractivity contribution >= 4 is 28.4 Å². The van der Waals surface area contributed by atoms with E-state index < -0.39 is 22.0 Å². The maximum absolute atomic E-state index is 11.0. The summed E-state index contributed by atoms with van der Waals surface area (Å²) in [5.41, 5.74) is 5.54. The summed E-state index contributed by atoms with van der Waals surface area (Å²) in [5.74, 6) is -0.524. The van der Waals surface area contributed by atoms with Gasteiger partial charge in [-0.3, -0.25) is 4.55 Å². The first-order chi connectivity index (χ1) is 20.3. The third-order valence-corrected chi connectivity index (χ3v) is 6.71. The van der Waals surface area contributed by atoms with Crippen LogP contribution in [0, 0.1) is 0 Å². The van der Waals surface area contributed by atoms with Crippen LogP contribution in [0.4, 0.5) is 18.9 Å². The lowest BCUT2D eigenvalue weighted by molar-refractivity contribution is -0.107. The van der Waals surface area contributed by atoms with Gasteiger partial charge in [0.1, 0.15) is 24.7 Å². The summed E-state index contributed by atoms with van der Waals surface area (Å²) in [6.07, 6.45) is -4.85. The molecule has 1 N–H and O–H groups in total. The molecule has 0 saturated carbocycles. The fraction of sp³-hybridized carbons (Fsp3) is 0.400. The molecule has 0 fully saturated rings. The largest absolute Gasteiger partial charge is 0.491 e. The Hall–Kier alpha value is -2.97. The molecular formula is C30H38F3NO7S2. The summed E-state index contributed by atoms with van der Waals surface area (Å²) in [4.78, 5) is 3.04. The number of halogens is 3. The van der Waals surface area contributed by atoms with Crippen LogP contribution in [-0.4, -0.2) is 78.6 Å².